The summed E-state index contributed by atoms with van der Waals surface area (Å²) in [5, 5.41) is 9.30. The van der Waals surface area contributed by atoms with Crippen molar-refractivity contribution in [3.8, 4) is 5.75 Å². The first-order valence-corrected chi connectivity index (χ1v) is 5.71. The highest BCUT2D eigenvalue weighted by Crippen LogP contribution is 2.26. The number of carbonyl (C=O) groups excluding carboxylic acids is 1. The Morgan fingerprint density at radius 1 is 1.44 bits per heavy atom. The van der Waals surface area contributed by atoms with Crippen LogP contribution in [0.3, 0.4) is 0 Å². The molecule has 0 saturated heterocycles. The third kappa shape index (κ3) is 2.61. The van der Waals surface area contributed by atoms with E-state index in [0.29, 0.717) is 6.42 Å². The summed E-state index contributed by atoms with van der Waals surface area (Å²) in [5.41, 5.74) is 6.67. The second-order valence-corrected chi connectivity index (χ2v) is 4.58. The second-order valence-electron chi connectivity index (χ2n) is 4.58. The molecule has 3 heteroatoms. The molecule has 0 heterocycles. The van der Waals surface area contributed by atoms with E-state index in [1.54, 1.807) is 18.2 Å². The number of ketones is 1. The molecule has 2 unspecified atom stereocenters. The fraction of sp³-hybridized carbons (Fsp3) is 0.462. The number of hydrogen-bond donors (Lipinski definition) is 2. The standard InChI is InChI=1S/C13H17NO2/c14-11-5-4-10(8-11)13(16)7-9-2-1-3-12(15)6-9/h1-3,6,10-11,15H,4-5,7-8,14H2. The maximum atomic E-state index is 11.9. The van der Waals surface area contributed by atoms with Gasteiger partial charge >= 0.3 is 0 Å². The van der Waals surface area contributed by atoms with Crippen molar-refractivity contribution in [3.63, 3.8) is 0 Å². The van der Waals surface area contributed by atoms with Crippen LogP contribution in [0.2, 0.25) is 0 Å². The van der Waals surface area contributed by atoms with Gasteiger partial charge in [0.1, 0.15) is 11.5 Å². The van der Waals surface area contributed by atoms with Gasteiger partial charge in [-0.1, -0.05) is 12.1 Å². The number of carbonyl (C=O) groups is 1. The van der Waals surface area contributed by atoms with Gasteiger partial charge < -0.3 is 10.8 Å². The Bertz CT molecular complexity index is 389. The summed E-state index contributed by atoms with van der Waals surface area (Å²) in [5.74, 6) is 0.587. The SMILES string of the molecule is NC1CCC(C(=O)Cc2cccc(O)c2)C1. The summed E-state index contributed by atoms with van der Waals surface area (Å²) in [4.78, 5) is 11.9. The molecular formula is C13H17NO2. The Morgan fingerprint density at radius 2 is 2.25 bits per heavy atom. The number of phenolic OH excluding ortho intramolecular Hbond substituents is 1. The van der Waals surface area contributed by atoms with Crippen molar-refractivity contribution in [2.75, 3.05) is 0 Å². The minimum Gasteiger partial charge on any atom is -0.508 e. The highest BCUT2D eigenvalue weighted by molar-refractivity contribution is 5.83. The summed E-state index contributed by atoms with van der Waals surface area (Å²) >= 11 is 0. The van der Waals surface area contributed by atoms with Gasteiger partial charge in [-0.25, -0.2) is 0 Å². The Kier molecular flexibility index (Phi) is 3.25. The maximum Gasteiger partial charge on any atom is 0.140 e. The number of Topliss-reactive ketones (excluding diaryl/α,β-unsaturated/α-hetero) is 1. The number of nitrogens with two attached hydrogens (primary N) is 1. The summed E-state index contributed by atoms with van der Waals surface area (Å²) in [6.07, 6.45) is 3.10. The van der Waals surface area contributed by atoms with Gasteiger partial charge in [-0.2, -0.15) is 0 Å². The van der Waals surface area contributed by atoms with Gasteiger partial charge in [-0.3, -0.25) is 4.79 Å². The van der Waals surface area contributed by atoms with Crippen LogP contribution in [-0.4, -0.2) is 16.9 Å². The van der Waals surface area contributed by atoms with E-state index in [4.69, 9.17) is 5.73 Å². The largest absolute Gasteiger partial charge is 0.508 e. The summed E-state index contributed by atoms with van der Waals surface area (Å²) in [7, 11) is 0. The smallest absolute Gasteiger partial charge is 0.140 e. The maximum absolute atomic E-state index is 11.9. The summed E-state index contributed by atoms with van der Waals surface area (Å²) in [6, 6.07) is 7.08. The molecule has 1 aromatic carbocycles. The fourth-order valence-corrected chi connectivity index (χ4v) is 2.32. The predicted octanol–water partition coefficient (Wildman–Crippen LogP) is 1.63. The van der Waals surface area contributed by atoms with Gasteiger partial charge in [0.15, 0.2) is 0 Å². The summed E-state index contributed by atoms with van der Waals surface area (Å²) in [6.45, 7) is 0. The Labute approximate surface area is 95.3 Å². The van der Waals surface area contributed by atoms with E-state index in [1.165, 1.54) is 0 Å². The normalized spacial score (nSPS) is 24.6. The van der Waals surface area contributed by atoms with E-state index in [2.05, 4.69) is 0 Å². The van der Waals surface area contributed by atoms with Crippen molar-refractivity contribution in [1.82, 2.24) is 0 Å². The lowest BCUT2D eigenvalue weighted by atomic mass is 9.96. The highest BCUT2D eigenvalue weighted by atomic mass is 16.3. The van der Waals surface area contributed by atoms with E-state index in [-0.39, 0.29) is 23.5 Å². The zero-order valence-corrected chi connectivity index (χ0v) is 9.23. The second kappa shape index (κ2) is 4.66. The lowest BCUT2D eigenvalue weighted by Gasteiger charge is -2.08. The molecule has 1 fully saturated rings. The first-order valence-electron chi connectivity index (χ1n) is 5.71. The molecule has 0 bridgehead atoms. The van der Waals surface area contributed by atoms with Crippen molar-refractivity contribution < 1.29 is 9.90 Å². The highest BCUT2D eigenvalue weighted by Gasteiger charge is 2.27. The molecular weight excluding hydrogens is 202 g/mol. The Morgan fingerprint density at radius 3 is 2.88 bits per heavy atom. The van der Waals surface area contributed by atoms with Gasteiger partial charge in [0.05, 0.1) is 0 Å². The van der Waals surface area contributed by atoms with Crippen LogP contribution in [0.15, 0.2) is 24.3 Å². The van der Waals surface area contributed by atoms with E-state index in [1.807, 2.05) is 6.07 Å². The molecule has 3 N–H and O–H groups in total. The minimum atomic E-state index is 0.123. The van der Waals surface area contributed by atoms with E-state index in [0.717, 1.165) is 24.8 Å². The third-order valence-electron chi connectivity index (χ3n) is 3.22. The van der Waals surface area contributed by atoms with Gasteiger partial charge in [-0.15, -0.1) is 0 Å². The summed E-state index contributed by atoms with van der Waals surface area (Å²) < 4.78 is 0. The lowest BCUT2D eigenvalue weighted by molar-refractivity contribution is -0.122. The molecule has 1 aliphatic carbocycles. The first-order chi connectivity index (χ1) is 7.65. The van der Waals surface area contributed by atoms with Crippen LogP contribution in [0.4, 0.5) is 0 Å². The molecule has 2 rings (SSSR count). The third-order valence-corrected chi connectivity index (χ3v) is 3.22. The van der Waals surface area contributed by atoms with Crippen LogP contribution in [0, 0.1) is 5.92 Å². The van der Waals surface area contributed by atoms with Gasteiger partial charge in [-0.05, 0) is 37.0 Å². The van der Waals surface area contributed by atoms with E-state index >= 15 is 0 Å². The molecule has 2 atom stereocenters. The average molecular weight is 219 g/mol. The number of rotatable bonds is 3. The van der Waals surface area contributed by atoms with Gasteiger partial charge in [0.2, 0.25) is 0 Å². The molecule has 1 aliphatic rings. The average Bonchev–Trinajstić information content (AvgIpc) is 2.65. The molecule has 0 spiro atoms. The molecule has 1 saturated carbocycles. The number of hydrogen-bond acceptors (Lipinski definition) is 3. The fourth-order valence-electron chi connectivity index (χ4n) is 2.32. The molecule has 0 aliphatic heterocycles. The van der Waals surface area contributed by atoms with Crippen LogP contribution in [0.25, 0.3) is 0 Å². The van der Waals surface area contributed by atoms with Crippen molar-refractivity contribution in [2.24, 2.45) is 11.7 Å². The zero-order chi connectivity index (χ0) is 11.5. The number of phenols is 1. The monoisotopic (exact) mass is 219 g/mol. The Hall–Kier alpha value is -1.35. The lowest BCUT2D eigenvalue weighted by Crippen LogP contribution is -2.19. The van der Waals surface area contributed by atoms with Crippen LogP contribution >= 0.6 is 0 Å². The van der Waals surface area contributed by atoms with Crippen molar-refractivity contribution in [2.45, 2.75) is 31.7 Å². The van der Waals surface area contributed by atoms with Crippen molar-refractivity contribution in [3.05, 3.63) is 29.8 Å². The van der Waals surface area contributed by atoms with E-state index in [9.17, 15) is 9.90 Å². The molecule has 0 aromatic heterocycles. The topological polar surface area (TPSA) is 63.3 Å². The predicted molar refractivity (Wildman–Crippen MR) is 62.1 cm³/mol. The number of benzene rings is 1. The van der Waals surface area contributed by atoms with Gasteiger partial charge in [0, 0.05) is 18.4 Å². The van der Waals surface area contributed by atoms with E-state index < -0.39 is 0 Å². The molecule has 0 radical (unpaired) electrons. The van der Waals surface area contributed by atoms with Crippen molar-refractivity contribution >= 4 is 5.78 Å². The Balaban J connectivity index is 1.97. The zero-order valence-electron chi connectivity index (χ0n) is 9.23. The quantitative estimate of drug-likeness (QED) is 0.812. The number of aromatic hydroxyl groups is 1. The van der Waals surface area contributed by atoms with Crippen LogP contribution in [0.1, 0.15) is 24.8 Å². The minimum absolute atomic E-state index is 0.123. The molecule has 3 nitrogen and oxygen atoms in total. The molecule has 16 heavy (non-hydrogen) atoms. The van der Waals surface area contributed by atoms with Gasteiger partial charge in [0.25, 0.3) is 0 Å². The van der Waals surface area contributed by atoms with Crippen LogP contribution in [0.5, 0.6) is 5.75 Å². The molecule has 86 valence electrons. The first kappa shape index (κ1) is 11.1. The van der Waals surface area contributed by atoms with Crippen LogP contribution in [-0.2, 0) is 11.2 Å². The molecule has 0 amide bonds. The molecule has 1 aromatic rings. The van der Waals surface area contributed by atoms with Crippen molar-refractivity contribution in [1.29, 1.82) is 0 Å². The van der Waals surface area contributed by atoms with Crippen LogP contribution < -0.4 is 5.73 Å².